The molecule has 1 aliphatic rings. The summed E-state index contributed by atoms with van der Waals surface area (Å²) in [6.07, 6.45) is 1.95. The highest BCUT2D eigenvalue weighted by Gasteiger charge is 2.33. The molecule has 3 heterocycles. The molecular formula is C40H32ClN3O3S. The fourth-order valence-corrected chi connectivity index (χ4v) is 7.37. The topological polar surface area (TPSA) is 65.6 Å². The number of hydrogen-bond acceptors (Lipinski definition) is 5. The van der Waals surface area contributed by atoms with Crippen LogP contribution < -0.4 is 14.9 Å². The largest absolute Gasteiger partial charge is 0.463 e. The van der Waals surface area contributed by atoms with Crippen LogP contribution in [0.1, 0.15) is 36.6 Å². The first-order chi connectivity index (χ1) is 23.3. The van der Waals surface area contributed by atoms with Crippen molar-refractivity contribution in [2.24, 2.45) is 4.99 Å². The van der Waals surface area contributed by atoms with Crippen LogP contribution in [-0.4, -0.2) is 21.7 Å². The van der Waals surface area contributed by atoms with Gasteiger partial charge in [0.15, 0.2) is 4.80 Å². The average molecular weight is 670 g/mol. The minimum Gasteiger partial charge on any atom is -0.463 e. The lowest BCUT2D eigenvalue weighted by Gasteiger charge is -2.24. The number of aromatic nitrogens is 2. The second-order valence-electron chi connectivity index (χ2n) is 11.6. The molecule has 0 unspecified atom stereocenters. The third-order valence-corrected chi connectivity index (χ3v) is 9.66. The van der Waals surface area contributed by atoms with Crippen LogP contribution in [0.5, 0.6) is 0 Å². The lowest BCUT2D eigenvalue weighted by Crippen LogP contribution is -2.39. The predicted octanol–water partition coefficient (Wildman–Crippen LogP) is 7.88. The van der Waals surface area contributed by atoms with Crippen molar-refractivity contribution in [3.63, 3.8) is 0 Å². The SMILES string of the molecule is CCOC(=O)C1=C(C)N=c2s/c(=C\c3cc(-c4ccccc4)n(-c4ccc(Cl)cc4)c3-c3ccccc3)c(=O)n2[C@H]1c1ccc(C)cc1. The molecule has 0 saturated carbocycles. The molecule has 0 amide bonds. The molecular weight excluding hydrogens is 638 g/mol. The van der Waals surface area contributed by atoms with E-state index < -0.39 is 12.0 Å². The van der Waals surface area contributed by atoms with Crippen LogP contribution in [0, 0.1) is 6.92 Å². The van der Waals surface area contributed by atoms with Gasteiger partial charge in [-0.3, -0.25) is 9.36 Å². The summed E-state index contributed by atoms with van der Waals surface area (Å²) in [5, 5.41) is 0.648. The lowest BCUT2D eigenvalue weighted by atomic mass is 9.95. The highest BCUT2D eigenvalue weighted by molar-refractivity contribution is 7.07. The zero-order valence-electron chi connectivity index (χ0n) is 26.7. The maximum Gasteiger partial charge on any atom is 0.338 e. The molecule has 0 aliphatic carbocycles. The maximum atomic E-state index is 14.5. The van der Waals surface area contributed by atoms with Crippen LogP contribution in [-0.2, 0) is 9.53 Å². The van der Waals surface area contributed by atoms with Crippen molar-refractivity contribution < 1.29 is 9.53 Å². The molecule has 0 radical (unpaired) electrons. The molecule has 1 atom stereocenters. The Balaban J connectivity index is 1.51. The normalized spacial score (nSPS) is 14.5. The third-order valence-electron chi connectivity index (χ3n) is 8.43. The number of ether oxygens (including phenoxy) is 1. The molecule has 8 heteroatoms. The number of aryl methyl sites for hydroxylation is 1. The lowest BCUT2D eigenvalue weighted by molar-refractivity contribution is -0.139. The molecule has 238 valence electrons. The van der Waals surface area contributed by atoms with Crippen LogP contribution in [0.25, 0.3) is 34.3 Å². The molecule has 0 bridgehead atoms. The van der Waals surface area contributed by atoms with Gasteiger partial charge in [-0.2, -0.15) is 0 Å². The number of halogens is 1. The first-order valence-corrected chi connectivity index (χ1v) is 16.9. The van der Waals surface area contributed by atoms with E-state index in [4.69, 9.17) is 21.3 Å². The number of carbonyl (C=O) groups is 1. The van der Waals surface area contributed by atoms with Gasteiger partial charge in [0, 0.05) is 16.3 Å². The van der Waals surface area contributed by atoms with E-state index in [0.717, 1.165) is 44.9 Å². The van der Waals surface area contributed by atoms with E-state index in [1.807, 2.05) is 97.9 Å². The molecule has 0 fully saturated rings. The van der Waals surface area contributed by atoms with Crippen molar-refractivity contribution >= 4 is 35.0 Å². The van der Waals surface area contributed by atoms with Gasteiger partial charge in [0.25, 0.3) is 5.56 Å². The maximum absolute atomic E-state index is 14.5. The average Bonchev–Trinajstić information content (AvgIpc) is 3.62. The van der Waals surface area contributed by atoms with Crippen LogP contribution >= 0.6 is 22.9 Å². The summed E-state index contributed by atoms with van der Waals surface area (Å²) < 4.78 is 9.82. The van der Waals surface area contributed by atoms with Gasteiger partial charge in [-0.25, -0.2) is 9.79 Å². The monoisotopic (exact) mass is 669 g/mol. The Labute approximate surface area is 287 Å². The predicted molar refractivity (Wildman–Crippen MR) is 193 cm³/mol. The first-order valence-electron chi connectivity index (χ1n) is 15.7. The Morgan fingerprint density at radius 1 is 0.896 bits per heavy atom. The number of benzene rings is 4. The van der Waals surface area contributed by atoms with E-state index in [1.54, 1.807) is 18.4 Å². The number of thiazole rings is 1. The van der Waals surface area contributed by atoms with Gasteiger partial charge in [0.1, 0.15) is 0 Å². The number of esters is 1. The minimum atomic E-state index is -0.671. The number of rotatable bonds is 7. The van der Waals surface area contributed by atoms with Crippen LogP contribution in [0.4, 0.5) is 0 Å². The van der Waals surface area contributed by atoms with E-state index in [0.29, 0.717) is 25.6 Å². The number of carbonyl (C=O) groups excluding carboxylic acids is 1. The Kier molecular flexibility index (Phi) is 8.56. The zero-order valence-corrected chi connectivity index (χ0v) is 28.3. The highest BCUT2D eigenvalue weighted by Crippen LogP contribution is 2.37. The van der Waals surface area contributed by atoms with Crippen molar-refractivity contribution in [3.8, 4) is 28.2 Å². The molecule has 7 rings (SSSR count). The second kappa shape index (κ2) is 13.1. The van der Waals surface area contributed by atoms with Crippen LogP contribution in [0.3, 0.4) is 0 Å². The number of nitrogens with zero attached hydrogens (tertiary/aromatic N) is 3. The molecule has 48 heavy (non-hydrogen) atoms. The van der Waals surface area contributed by atoms with Gasteiger partial charge in [0.05, 0.1) is 39.8 Å². The minimum absolute atomic E-state index is 0.220. The standard InChI is InChI=1S/C40H32ClN3O3S/c1-4-47-39(46)35-26(3)42-40-44(37(35)29-17-15-25(2)16-18-29)38(45)34(48-40)24-30-23-33(27-11-7-5-8-12-27)43(32-21-19-31(41)20-22-32)36(30)28-13-9-6-10-14-28/h5-24,37H,4H2,1-3H3/b34-24-/t37-/m0/s1. The number of allylic oxidation sites excluding steroid dienone is 1. The van der Waals surface area contributed by atoms with Gasteiger partial charge in [-0.15, -0.1) is 0 Å². The summed E-state index contributed by atoms with van der Waals surface area (Å²) in [7, 11) is 0. The number of fused-ring (bicyclic) bond motifs is 1. The van der Waals surface area contributed by atoms with Gasteiger partial charge in [-0.05, 0) is 73.9 Å². The van der Waals surface area contributed by atoms with E-state index >= 15 is 0 Å². The Morgan fingerprint density at radius 2 is 1.54 bits per heavy atom. The molecule has 0 N–H and O–H groups in total. The van der Waals surface area contributed by atoms with Crippen molar-refractivity contribution in [2.45, 2.75) is 26.8 Å². The summed E-state index contributed by atoms with van der Waals surface area (Å²) >= 11 is 7.64. The summed E-state index contributed by atoms with van der Waals surface area (Å²) in [6, 6.07) is 37.4. The van der Waals surface area contributed by atoms with Crippen LogP contribution in [0.15, 0.2) is 136 Å². The van der Waals surface area contributed by atoms with E-state index in [2.05, 4.69) is 34.9 Å². The first kappa shape index (κ1) is 31.4. The third kappa shape index (κ3) is 5.76. The summed E-state index contributed by atoms with van der Waals surface area (Å²) in [5.41, 5.74) is 8.30. The Hall–Kier alpha value is -5.24. The van der Waals surface area contributed by atoms with E-state index in [-0.39, 0.29) is 12.2 Å². The van der Waals surface area contributed by atoms with E-state index in [1.165, 1.54) is 11.3 Å². The van der Waals surface area contributed by atoms with Gasteiger partial charge in [-0.1, -0.05) is 113 Å². The molecule has 6 nitrogen and oxygen atoms in total. The molecule has 0 spiro atoms. The Bertz CT molecular complexity index is 2350. The van der Waals surface area contributed by atoms with Crippen molar-refractivity contribution in [2.75, 3.05) is 6.61 Å². The van der Waals surface area contributed by atoms with Gasteiger partial charge < -0.3 is 9.30 Å². The van der Waals surface area contributed by atoms with Crippen molar-refractivity contribution in [1.29, 1.82) is 0 Å². The quantitative estimate of drug-likeness (QED) is 0.163. The fraction of sp³-hybridized carbons (Fsp3) is 0.125. The molecule has 4 aromatic carbocycles. The van der Waals surface area contributed by atoms with Gasteiger partial charge in [0.2, 0.25) is 0 Å². The summed E-state index contributed by atoms with van der Waals surface area (Å²) in [5.74, 6) is -0.475. The molecule has 1 aliphatic heterocycles. The van der Waals surface area contributed by atoms with Crippen LogP contribution in [0.2, 0.25) is 5.02 Å². The summed E-state index contributed by atoms with van der Waals surface area (Å²) in [4.78, 5) is 33.2. The Morgan fingerprint density at radius 3 is 2.19 bits per heavy atom. The zero-order chi connectivity index (χ0) is 33.4. The summed E-state index contributed by atoms with van der Waals surface area (Å²) in [6.45, 7) is 5.80. The van der Waals surface area contributed by atoms with Crippen molar-refractivity contribution in [1.82, 2.24) is 9.13 Å². The molecule has 0 saturated heterocycles. The smallest absolute Gasteiger partial charge is 0.338 e. The number of hydrogen-bond donors (Lipinski definition) is 0. The highest BCUT2D eigenvalue weighted by atomic mass is 35.5. The second-order valence-corrected chi connectivity index (χ2v) is 13.0. The van der Waals surface area contributed by atoms with E-state index in [9.17, 15) is 9.59 Å². The molecule has 2 aromatic heterocycles. The van der Waals surface area contributed by atoms with Gasteiger partial charge >= 0.3 is 5.97 Å². The van der Waals surface area contributed by atoms with Crippen molar-refractivity contribution in [3.05, 3.63) is 168 Å². The molecule has 6 aromatic rings. The fourth-order valence-electron chi connectivity index (χ4n) is 6.21.